The number of ether oxygens (including phenoxy) is 1. The van der Waals surface area contributed by atoms with Gasteiger partial charge in [0, 0.05) is 0 Å². The van der Waals surface area contributed by atoms with E-state index in [9.17, 15) is 0 Å². The fraction of sp³-hybridized carbons (Fsp3) is 0.333. The van der Waals surface area contributed by atoms with E-state index >= 15 is 0 Å². The Morgan fingerprint density at radius 1 is 1.60 bits per heavy atom. The van der Waals surface area contributed by atoms with E-state index in [2.05, 4.69) is 9.97 Å². The predicted octanol–water partition coefficient (Wildman–Crippen LogP) is -0.331. The van der Waals surface area contributed by atoms with E-state index in [0.717, 1.165) is 3.71 Å². The van der Waals surface area contributed by atoms with Crippen molar-refractivity contribution in [3.63, 3.8) is 0 Å². The average molecular weight is 242 g/mol. The van der Waals surface area contributed by atoms with Crippen molar-refractivity contribution < 1.29 is 4.74 Å². The summed E-state index contributed by atoms with van der Waals surface area (Å²) in [5, 5.41) is 0. The third-order valence-corrected chi connectivity index (χ3v) is 1.59. The quantitative estimate of drug-likeness (QED) is 0.666. The van der Waals surface area contributed by atoms with E-state index in [4.69, 9.17) is 4.74 Å². The molecule has 0 saturated heterocycles. The molecule has 4 heteroatoms. The Bertz CT molecular complexity index is 217. The minimum absolute atomic E-state index is 0.622. The van der Waals surface area contributed by atoms with Crippen molar-refractivity contribution in [1.82, 2.24) is 9.97 Å². The zero-order valence-electron chi connectivity index (χ0n) is 5.66. The van der Waals surface area contributed by atoms with Crippen LogP contribution in [0.15, 0.2) is 12.4 Å². The molecule has 0 amide bonds. The third-order valence-electron chi connectivity index (χ3n) is 0.905. The fourth-order valence-electron chi connectivity index (χ4n) is 0.566. The maximum absolute atomic E-state index is 5.13. The summed E-state index contributed by atoms with van der Waals surface area (Å²) in [5.41, 5.74) is 0. The van der Waals surface area contributed by atoms with Crippen LogP contribution in [0.25, 0.3) is 0 Å². The van der Waals surface area contributed by atoms with Crippen LogP contribution in [-0.2, 0) is 0 Å². The maximum atomic E-state index is 5.13. The first-order valence-corrected chi connectivity index (χ1v) is 4.42. The molecule has 0 aromatic carbocycles. The van der Waals surface area contributed by atoms with Gasteiger partial charge in [-0.3, -0.25) is 0 Å². The number of hydrogen-bond acceptors (Lipinski definition) is 3. The Balaban J connectivity index is 2.75. The second-order valence-electron chi connectivity index (χ2n) is 1.68. The molecular weight excluding hydrogens is 235 g/mol. The molecular formula is C6H7N2OSn. The molecule has 0 bridgehead atoms. The number of aromatic nitrogens is 2. The number of nitrogens with zero attached hydrogens (tertiary/aromatic N) is 2. The van der Waals surface area contributed by atoms with Gasteiger partial charge in [-0.15, -0.1) is 0 Å². The molecule has 3 radical (unpaired) electrons. The van der Waals surface area contributed by atoms with Crippen LogP contribution in [0.4, 0.5) is 0 Å². The third kappa shape index (κ3) is 2.13. The van der Waals surface area contributed by atoms with Gasteiger partial charge in [0.1, 0.15) is 0 Å². The number of rotatable bonds is 2. The Kier molecular flexibility index (Phi) is 2.92. The van der Waals surface area contributed by atoms with Gasteiger partial charge >= 0.3 is 72.7 Å². The average Bonchev–Trinajstić information content (AvgIpc) is 1.88. The van der Waals surface area contributed by atoms with Crippen LogP contribution >= 0.6 is 0 Å². The molecule has 1 aromatic heterocycles. The standard InChI is InChI=1S/C6H7N2O.Sn/c1-2-9-6-5-7-3-4-8-6;/h3,5H,2H2,1H3;. The van der Waals surface area contributed by atoms with Crippen LogP contribution in [0.2, 0.25) is 0 Å². The zero-order chi connectivity index (χ0) is 7.40. The predicted molar refractivity (Wildman–Crippen MR) is 38.6 cm³/mol. The van der Waals surface area contributed by atoms with Gasteiger partial charge in [0.2, 0.25) is 0 Å². The van der Waals surface area contributed by atoms with Gasteiger partial charge < -0.3 is 0 Å². The Labute approximate surface area is 72.9 Å². The van der Waals surface area contributed by atoms with E-state index in [1.165, 1.54) is 22.5 Å². The molecule has 0 atom stereocenters. The molecule has 0 fully saturated rings. The molecule has 0 aliphatic carbocycles. The molecule has 0 aliphatic heterocycles. The number of hydrogen-bond donors (Lipinski definition) is 0. The molecule has 1 aromatic rings. The SMILES string of the molecule is CCOc1cnc[c]([Sn])n1. The summed E-state index contributed by atoms with van der Waals surface area (Å²) in [6, 6.07) is 0. The summed E-state index contributed by atoms with van der Waals surface area (Å²) in [4.78, 5) is 8.06. The molecule has 0 N–H and O–H groups in total. The van der Waals surface area contributed by atoms with E-state index in [1.54, 1.807) is 12.4 Å². The van der Waals surface area contributed by atoms with E-state index in [1.807, 2.05) is 6.92 Å². The van der Waals surface area contributed by atoms with Gasteiger partial charge in [-0.2, -0.15) is 0 Å². The van der Waals surface area contributed by atoms with Crippen molar-refractivity contribution in [2.24, 2.45) is 0 Å². The van der Waals surface area contributed by atoms with Crippen molar-refractivity contribution in [3.05, 3.63) is 12.4 Å². The van der Waals surface area contributed by atoms with Crippen LogP contribution in [0.3, 0.4) is 0 Å². The molecule has 0 unspecified atom stereocenters. The van der Waals surface area contributed by atoms with Crippen molar-refractivity contribution >= 4 is 26.2 Å². The van der Waals surface area contributed by atoms with Gasteiger partial charge in [0.15, 0.2) is 0 Å². The fourth-order valence-corrected chi connectivity index (χ4v) is 1.09. The topological polar surface area (TPSA) is 35.0 Å². The first kappa shape index (κ1) is 7.78. The Morgan fingerprint density at radius 2 is 2.40 bits per heavy atom. The van der Waals surface area contributed by atoms with E-state index < -0.39 is 0 Å². The van der Waals surface area contributed by atoms with Crippen molar-refractivity contribution in [2.45, 2.75) is 6.92 Å². The summed E-state index contributed by atoms with van der Waals surface area (Å²) in [5.74, 6) is 0.622. The summed E-state index contributed by atoms with van der Waals surface area (Å²) in [7, 11) is 0. The van der Waals surface area contributed by atoms with Crippen LogP contribution < -0.4 is 8.45 Å². The summed E-state index contributed by atoms with van der Waals surface area (Å²) >= 11 is 1.26. The molecule has 0 aliphatic rings. The monoisotopic (exact) mass is 243 g/mol. The van der Waals surface area contributed by atoms with Crippen molar-refractivity contribution in [2.75, 3.05) is 6.61 Å². The molecule has 3 nitrogen and oxygen atoms in total. The van der Waals surface area contributed by atoms with Crippen LogP contribution in [0.1, 0.15) is 6.92 Å². The van der Waals surface area contributed by atoms with Gasteiger partial charge in [-0.1, -0.05) is 0 Å². The van der Waals surface area contributed by atoms with Gasteiger partial charge in [-0.25, -0.2) is 0 Å². The molecule has 1 heterocycles. The Hall–Kier alpha value is -0.321. The summed E-state index contributed by atoms with van der Waals surface area (Å²) in [6.45, 7) is 2.58. The van der Waals surface area contributed by atoms with E-state index in [0.29, 0.717) is 12.5 Å². The van der Waals surface area contributed by atoms with Gasteiger partial charge in [-0.05, 0) is 0 Å². The first-order valence-electron chi connectivity index (χ1n) is 2.99. The van der Waals surface area contributed by atoms with Crippen LogP contribution in [0, 0.1) is 0 Å². The Morgan fingerprint density at radius 3 is 3.00 bits per heavy atom. The van der Waals surface area contributed by atoms with Crippen molar-refractivity contribution in [1.29, 1.82) is 0 Å². The minimum atomic E-state index is 0.622. The summed E-state index contributed by atoms with van der Waals surface area (Å²) < 4.78 is 6.10. The second kappa shape index (κ2) is 3.75. The van der Waals surface area contributed by atoms with Gasteiger partial charge in [0.05, 0.1) is 0 Å². The second-order valence-corrected chi connectivity index (χ2v) is 3.14. The molecule has 1 rings (SSSR count). The molecule has 51 valence electrons. The molecule has 0 spiro atoms. The normalized spacial score (nSPS) is 9.40. The summed E-state index contributed by atoms with van der Waals surface area (Å²) in [6.07, 6.45) is 3.36. The zero-order valence-corrected chi connectivity index (χ0v) is 8.52. The molecule has 10 heavy (non-hydrogen) atoms. The van der Waals surface area contributed by atoms with Crippen LogP contribution in [-0.4, -0.2) is 39.1 Å². The first-order chi connectivity index (χ1) is 4.83. The van der Waals surface area contributed by atoms with Crippen LogP contribution in [0.5, 0.6) is 5.88 Å². The van der Waals surface area contributed by atoms with Gasteiger partial charge in [0.25, 0.3) is 0 Å². The molecule has 0 saturated carbocycles. The van der Waals surface area contributed by atoms with Crippen molar-refractivity contribution in [3.8, 4) is 5.88 Å². The van der Waals surface area contributed by atoms with E-state index in [-0.39, 0.29) is 0 Å².